The van der Waals surface area contributed by atoms with E-state index in [0.717, 1.165) is 5.56 Å². The third kappa shape index (κ3) is 2.76. The van der Waals surface area contributed by atoms with Gasteiger partial charge in [0.2, 0.25) is 0 Å². The number of nitrogens with zero attached hydrogens (tertiary/aromatic N) is 1. The second-order valence-corrected chi connectivity index (χ2v) is 8.01. The lowest BCUT2D eigenvalue weighted by molar-refractivity contribution is 0.0908. The SMILES string of the molecule is Cc1ccc2c(c1)OC1=CC(NCc3ccco3)=C3C(=O)c4ccccc4C(=O)C3C1=N2. The van der Waals surface area contributed by atoms with Crippen LogP contribution in [0.15, 0.2) is 93.4 Å². The standard InChI is InChI=1S/C26H18N2O4/c1-14-8-9-18-20(11-14)32-21-12-19(27-13-15-5-4-10-31-15)22-23(24(21)28-18)26(30)17-7-3-2-6-16(17)25(22)29/h2-12,23,27H,13H2,1H3. The van der Waals surface area contributed by atoms with E-state index in [1.807, 2.05) is 31.2 Å². The number of furan rings is 1. The van der Waals surface area contributed by atoms with Crippen LogP contribution in [0.4, 0.5) is 5.69 Å². The highest BCUT2D eigenvalue weighted by atomic mass is 16.5. The number of nitrogens with one attached hydrogen (secondary N) is 1. The Kier molecular flexibility index (Phi) is 4.01. The van der Waals surface area contributed by atoms with Crippen molar-refractivity contribution < 1.29 is 18.7 Å². The van der Waals surface area contributed by atoms with Crippen molar-refractivity contribution in [2.45, 2.75) is 13.5 Å². The van der Waals surface area contributed by atoms with Gasteiger partial charge in [0.25, 0.3) is 0 Å². The van der Waals surface area contributed by atoms with Crippen LogP contribution < -0.4 is 10.1 Å². The molecule has 3 aliphatic rings. The normalized spacial score (nSPS) is 18.6. The molecule has 0 radical (unpaired) electrons. The van der Waals surface area contributed by atoms with Crippen molar-refractivity contribution in [2.24, 2.45) is 10.9 Å². The molecular formula is C26H18N2O4. The average molecular weight is 422 g/mol. The maximum absolute atomic E-state index is 13.6. The number of rotatable bonds is 3. The van der Waals surface area contributed by atoms with Crippen molar-refractivity contribution >= 4 is 23.0 Å². The van der Waals surface area contributed by atoms with Gasteiger partial charge in [-0.1, -0.05) is 30.3 Å². The monoisotopic (exact) mass is 422 g/mol. The third-order valence-electron chi connectivity index (χ3n) is 5.93. The molecule has 0 amide bonds. The Bertz CT molecular complexity index is 1390. The lowest BCUT2D eigenvalue weighted by atomic mass is 9.72. The van der Waals surface area contributed by atoms with E-state index in [2.05, 4.69) is 5.32 Å². The van der Waals surface area contributed by atoms with Crippen LogP contribution in [0.1, 0.15) is 32.0 Å². The summed E-state index contributed by atoms with van der Waals surface area (Å²) in [4.78, 5) is 31.9. The molecule has 6 nitrogen and oxygen atoms in total. The lowest BCUT2D eigenvalue weighted by Crippen LogP contribution is -2.42. The number of carbonyl (C=O) groups excluding carboxylic acids is 2. The number of hydrogen-bond donors (Lipinski definition) is 1. The van der Waals surface area contributed by atoms with Gasteiger partial charge in [-0.25, -0.2) is 4.99 Å². The first-order valence-electron chi connectivity index (χ1n) is 10.4. The number of benzene rings is 2. The molecule has 0 bridgehead atoms. The molecule has 0 saturated heterocycles. The molecule has 6 rings (SSSR count). The Balaban J connectivity index is 1.53. The van der Waals surface area contributed by atoms with Crippen LogP contribution in [0.5, 0.6) is 5.75 Å². The number of aryl methyl sites for hydroxylation is 1. The molecule has 2 heterocycles. The van der Waals surface area contributed by atoms with Gasteiger partial charge in [0.1, 0.15) is 11.4 Å². The van der Waals surface area contributed by atoms with Crippen LogP contribution in [-0.4, -0.2) is 17.3 Å². The lowest BCUT2D eigenvalue weighted by Gasteiger charge is -2.34. The Morgan fingerprint density at radius 2 is 1.88 bits per heavy atom. The third-order valence-corrected chi connectivity index (χ3v) is 5.93. The summed E-state index contributed by atoms with van der Waals surface area (Å²) < 4.78 is 11.6. The van der Waals surface area contributed by atoms with E-state index in [1.165, 1.54) is 0 Å². The van der Waals surface area contributed by atoms with Gasteiger partial charge in [0.15, 0.2) is 23.1 Å². The van der Waals surface area contributed by atoms with Crippen molar-refractivity contribution in [1.29, 1.82) is 0 Å². The van der Waals surface area contributed by atoms with Crippen LogP contribution in [0.25, 0.3) is 0 Å². The zero-order valence-electron chi connectivity index (χ0n) is 17.2. The van der Waals surface area contributed by atoms with Crippen LogP contribution in [-0.2, 0) is 6.54 Å². The first-order chi connectivity index (χ1) is 15.6. The number of aliphatic imine (C=N–C) groups is 1. The van der Waals surface area contributed by atoms with E-state index in [1.54, 1.807) is 42.7 Å². The molecule has 1 unspecified atom stereocenters. The van der Waals surface area contributed by atoms with Crippen molar-refractivity contribution in [3.63, 3.8) is 0 Å². The van der Waals surface area contributed by atoms with Gasteiger partial charge in [0.05, 0.1) is 24.4 Å². The molecule has 2 aromatic carbocycles. The number of ether oxygens (including phenoxy) is 1. The van der Waals surface area contributed by atoms with E-state index in [9.17, 15) is 9.59 Å². The first-order valence-corrected chi connectivity index (χ1v) is 10.4. The average Bonchev–Trinajstić information content (AvgIpc) is 3.33. The van der Waals surface area contributed by atoms with E-state index in [0.29, 0.717) is 57.6 Å². The van der Waals surface area contributed by atoms with Gasteiger partial charge < -0.3 is 14.5 Å². The fourth-order valence-electron chi connectivity index (χ4n) is 4.41. The van der Waals surface area contributed by atoms with Gasteiger partial charge in [-0.2, -0.15) is 0 Å². The Labute approximate surface area is 183 Å². The van der Waals surface area contributed by atoms with Crippen molar-refractivity contribution in [1.82, 2.24) is 5.32 Å². The number of Topliss-reactive ketones (excluding diaryl/α,β-unsaturated/α-hetero) is 2. The van der Waals surface area contributed by atoms with E-state index in [-0.39, 0.29) is 11.6 Å². The maximum Gasteiger partial charge on any atom is 0.192 e. The van der Waals surface area contributed by atoms with Gasteiger partial charge in [-0.3, -0.25) is 9.59 Å². The zero-order valence-corrected chi connectivity index (χ0v) is 17.2. The molecule has 1 aromatic heterocycles. The minimum atomic E-state index is -0.828. The first kappa shape index (κ1) is 18.6. The van der Waals surface area contributed by atoms with E-state index < -0.39 is 5.92 Å². The summed E-state index contributed by atoms with van der Waals surface area (Å²) in [5, 5.41) is 3.27. The van der Waals surface area contributed by atoms with Crippen molar-refractivity contribution in [3.8, 4) is 5.75 Å². The molecule has 0 saturated carbocycles. The second-order valence-electron chi connectivity index (χ2n) is 8.01. The number of fused-ring (bicyclic) bond motifs is 5. The molecule has 1 aliphatic heterocycles. The number of carbonyl (C=O) groups is 2. The smallest absolute Gasteiger partial charge is 0.192 e. The van der Waals surface area contributed by atoms with Crippen LogP contribution in [0.2, 0.25) is 0 Å². The maximum atomic E-state index is 13.6. The molecular weight excluding hydrogens is 404 g/mol. The van der Waals surface area contributed by atoms with E-state index in [4.69, 9.17) is 14.1 Å². The van der Waals surface area contributed by atoms with Gasteiger partial charge in [-0.05, 0) is 36.8 Å². The number of ketones is 2. The minimum Gasteiger partial charge on any atom is -0.467 e. The topological polar surface area (TPSA) is 80.9 Å². The number of allylic oxidation sites excluding steroid dienone is 3. The summed E-state index contributed by atoms with van der Waals surface area (Å²) in [6.07, 6.45) is 3.36. The summed E-state index contributed by atoms with van der Waals surface area (Å²) >= 11 is 0. The highest BCUT2D eigenvalue weighted by Crippen LogP contribution is 2.43. The molecule has 0 spiro atoms. The molecule has 1 atom stereocenters. The minimum absolute atomic E-state index is 0.156. The molecule has 1 N–H and O–H groups in total. The largest absolute Gasteiger partial charge is 0.467 e. The summed E-state index contributed by atoms with van der Waals surface area (Å²) in [6.45, 7) is 2.35. The van der Waals surface area contributed by atoms with Crippen LogP contribution in [0, 0.1) is 12.8 Å². The van der Waals surface area contributed by atoms with Crippen LogP contribution >= 0.6 is 0 Å². The molecule has 0 fully saturated rings. The Hall–Kier alpha value is -4.19. The Morgan fingerprint density at radius 3 is 2.69 bits per heavy atom. The van der Waals surface area contributed by atoms with Gasteiger partial charge in [-0.15, -0.1) is 0 Å². The predicted octanol–water partition coefficient (Wildman–Crippen LogP) is 4.69. The zero-order chi connectivity index (χ0) is 21.8. The highest BCUT2D eigenvalue weighted by Gasteiger charge is 2.46. The van der Waals surface area contributed by atoms with E-state index >= 15 is 0 Å². The van der Waals surface area contributed by atoms with Gasteiger partial charge in [0, 0.05) is 28.5 Å². The summed E-state index contributed by atoms with van der Waals surface area (Å²) in [6, 6.07) is 16.3. The van der Waals surface area contributed by atoms with Crippen molar-refractivity contribution in [2.75, 3.05) is 0 Å². The number of hydrogen-bond acceptors (Lipinski definition) is 6. The Morgan fingerprint density at radius 1 is 1.03 bits per heavy atom. The summed E-state index contributed by atoms with van der Waals surface area (Å²) in [5.41, 5.74) is 3.91. The molecule has 6 heteroatoms. The van der Waals surface area contributed by atoms with Crippen LogP contribution in [0.3, 0.4) is 0 Å². The predicted molar refractivity (Wildman–Crippen MR) is 118 cm³/mol. The summed E-state index contributed by atoms with van der Waals surface area (Å²) in [5.74, 6) is 0.651. The quantitative estimate of drug-likeness (QED) is 0.662. The highest BCUT2D eigenvalue weighted by molar-refractivity contribution is 6.33. The van der Waals surface area contributed by atoms with Gasteiger partial charge >= 0.3 is 0 Å². The fraction of sp³-hybridized carbons (Fsp3) is 0.115. The summed E-state index contributed by atoms with van der Waals surface area (Å²) in [7, 11) is 0. The fourth-order valence-corrected chi connectivity index (χ4v) is 4.41. The molecule has 32 heavy (non-hydrogen) atoms. The van der Waals surface area contributed by atoms with Crippen molar-refractivity contribution in [3.05, 3.63) is 106 Å². The molecule has 3 aromatic rings. The molecule has 156 valence electrons. The molecule has 2 aliphatic carbocycles. The second kappa shape index (κ2) is 6.92.